The number of fused-ring (bicyclic) bond motifs is 3. The fraction of sp³-hybridized carbons (Fsp3) is 0.208. The number of aromatic hydroxyl groups is 1. The molecule has 30 heavy (non-hydrogen) atoms. The van der Waals surface area contributed by atoms with E-state index in [4.69, 9.17) is 21.6 Å². The first-order valence-corrected chi connectivity index (χ1v) is 10.2. The second-order valence-electron chi connectivity index (χ2n) is 7.67. The van der Waals surface area contributed by atoms with Crippen LogP contribution in [0.4, 0.5) is 5.82 Å². The Hall–Kier alpha value is -3.18. The van der Waals surface area contributed by atoms with Crippen LogP contribution in [0.25, 0.3) is 17.3 Å². The number of allylic oxidation sites excluding steroid dienone is 1. The Kier molecular flexibility index (Phi) is 5.55. The highest BCUT2D eigenvalue weighted by molar-refractivity contribution is 6.30. The van der Waals surface area contributed by atoms with Crippen molar-refractivity contribution in [3.63, 3.8) is 0 Å². The zero-order chi connectivity index (χ0) is 21.3. The molecule has 4 rings (SSSR count). The zero-order valence-corrected chi connectivity index (χ0v) is 17.6. The Morgan fingerprint density at radius 3 is 2.63 bits per heavy atom. The van der Waals surface area contributed by atoms with Gasteiger partial charge < -0.3 is 10.4 Å². The molecule has 5 nitrogen and oxygen atoms in total. The van der Waals surface area contributed by atoms with E-state index in [1.54, 1.807) is 24.3 Å². The number of carbonyl (C=O) groups excluding carboxylic acids is 1. The van der Waals surface area contributed by atoms with Crippen LogP contribution < -0.4 is 5.32 Å². The van der Waals surface area contributed by atoms with Gasteiger partial charge in [-0.2, -0.15) is 0 Å². The van der Waals surface area contributed by atoms with E-state index in [-0.39, 0.29) is 18.1 Å². The third-order valence-electron chi connectivity index (χ3n) is 4.93. The summed E-state index contributed by atoms with van der Waals surface area (Å²) >= 11 is 5.92. The smallest absolute Gasteiger partial charge is 0.230 e. The van der Waals surface area contributed by atoms with Gasteiger partial charge in [0.25, 0.3) is 0 Å². The third-order valence-corrected chi connectivity index (χ3v) is 5.18. The molecule has 0 spiro atoms. The number of hydrogen-bond acceptors (Lipinski definition) is 4. The molecule has 0 bridgehead atoms. The highest BCUT2D eigenvalue weighted by Gasteiger charge is 2.22. The maximum Gasteiger partial charge on any atom is 0.230 e. The van der Waals surface area contributed by atoms with Crippen molar-refractivity contribution in [2.24, 2.45) is 0 Å². The summed E-state index contributed by atoms with van der Waals surface area (Å²) in [6, 6.07) is 12.5. The first-order chi connectivity index (χ1) is 14.4. The number of aromatic nitrogens is 2. The zero-order valence-electron chi connectivity index (χ0n) is 16.9. The number of phenols is 1. The van der Waals surface area contributed by atoms with E-state index in [1.165, 1.54) is 0 Å². The molecule has 0 saturated carbocycles. The Morgan fingerprint density at radius 1 is 1.13 bits per heavy atom. The van der Waals surface area contributed by atoms with Gasteiger partial charge in [-0.05, 0) is 74.2 Å². The van der Waals surface area contributed by atoms with Crippen LogP contribution in [0.5, 0.6) is 5.75 Å². The van der Waals surface area contributed by atoms with Gasteiger partial charge >= 0.3 is 0 Å². The molecule has 6 heteroatoms. The second kappa shape index (κ2) is 8.28. The monoisotopic (exact) mass is 419 g/mol. The average molecular weight is 420 g/mol. The highest BCUT2D eigenvalue weighted by Crippen LogP contribution is 2.35. The Morgan fingerprint density at radius 2 is 1.90 bits per heavy atom. The molecule has 0 radical (unpaired) electrons. The van der Waals surface area contributed by atoms with Crippen molar-refractivity contribution in [3.8, 4) is 17.0 Å². The molecule has 152 valence electrons. The fourth-order valence-electron chi connectivity index (χ4n) is 3.57. The topological polar surface area (TPSA) is 75.1 Å². The largest absolute Gasteiger partial charge is 0.508 e. The van der Waals surface area contributed by atoms with Gasteiger partial charge in [-0.25, -0.2) is 9.97 Å². The minimum Gasteiger partial charge on any atom is -0.508 e. The van der Waals surface area contributed by atoms with Crippen LogP contribution >= 0.6 is 11.6 Å². The average Bonchev–Trinajstić information content (AvgIpc) is 2.69. The van der Waals surface area contributed by atoms with Crippen molar-refractivity contribution in [3.05, 3.63) is 75.6 Å². The summed E-state index contributed by atoms with van der Waals surface area (Å²) in [5.74, 6) is 0.563. The van der Waals surface area contributed by atoms with Crippen LogP contribution in [0.1, 0.15) is 36.4 Å². The van der Waals surface area contributed by atoms with Crippen molar-refractivity contribution in [2.75, 3.05) is 5.32 Å². The minimum absolute atomic E-state index is 0.156. The van der Waals surface area contributed by atoms with Crippen molar-refractivity contribution >= 4 is 29.4 Å². The van der Waals surface area contributed by atoms with E-state index in [0.717, 1.165) is 40.1 Å². The van der Waals surface area contributed by atoms with Gasteiger partial charge in [0.15, 0.2) is 5.82 Å². The molecular formula is C24H22ClN3O2. The van der Waals surface area contributed by atoms with Crippen LogP contribution in [-0.4, -0.2) is 21.0 Å². The van der Waals surface area contributed by atoms with Crippen molar-refractivity contribution < 1.29 is 9.90 Å². The normalized spacial score (nSPS) is 12.0. The Balaban J connectivity index is 1.68. The maximum atomic E-state index is 12.6. The first kappa shape index (κ1) is 20.1. The number of anilines is 1. The molecular weight excluding hydrogens is 398 g/mol. The lowest BCUT2D eigenvalue weighted by atomic mass is 9.91. The number of nitrogens with one attached hydrogen (secondary N) is 1. The molecule has 2 aromatic carbocycles. The Labute approximate surface area is 180 Å². The molecule has 0 unspecified atom stereocenters. The number of halogens is 1. The molecule has 2 N–H and O–H groups in total. The summed E-state index contributed by atoms with van der Waals surface area (Å²) in [6.45, 7) is 3.96. The lowest BCUT2D eigenvalue weighted by Crippen LogP contribution is -2.19. The number of benzene rings is 2. The van der Waals surface area contributed by atoms with Crippen LogP contribution in [0.15, 0.2) is 48.0 Å². The summed E-state index contributed by atoms with van der Waals surface area (Å²) in [7, 11) is 0. The highest BCUT2D eigenvalue weighted by atomic mass is 35.5. The number of phenolic OH excluding ortho intramolecular Hbond substituents is 1. The van der Waals surface area contributed by atoms with E-state index in [9.17, 15) is 9.90 Å². The quantitative estimate of drug-likeness (QED) is 0.609. The van der Waals surface area contributed by atoms with Gasteiger partial charge in [0.05, 0.1) is 17.8 Å². The summed E-state index contributed by atoms with van der Waals surface area (Å²) in [4.78, 5) is 22.3. The molecule has 0 fully saturated rings. The molecule has 1 aliphatic carbocycles. The third kappa shape index (κ3) is 4.36. The lowest BCUT2D eigenvalue weighted by molar-refractivity contribution is -0.115. The van der Waals surface area contributed by atoms with Gasteiger partial charge in [-0.15, -0.1) is 0 Å². The molecule has 1 aliphatic rings. The van der Waals surface area contributed by atoms with Crippen molar-refractivity contribution in [1.82, 2.24) is 9.97 Å². The van der Waals surface area contributed by atoms with E-state index < -0.39 is 0 Å². The summed E-state index contributed by atoms with van der Waals surface area (Å²) in [5.41, 5.74) is 6.24. The van der Waals surface area contributed by atoms with E-state index in [0.29, 0.717) is 23.0 Å². The number of rotatable bonds is 4. The summed E-state index contributed by atoms with van der Waals surface area (Å²) in [5, 5.41) is 13.4. The van der Waals surface area contributed by atoms with Gasteiger partial charge in [0.2, 0.25) is 5.91 Å². The van der Waals surface area contributed by atoms with Crippen molar-refractivity contribution in [1.29, 1.82) is 0 Å². The van der Waals surface area contributed by atoms with Gasteiger partial charge in [-0.1, -0.05) is 29.3 Å². The molecule has 1 amide bonds. The molecule has 0 aliphatic heterocycles. The van der Waals surface area contributed by atoms with E-state index in [2.05, 4.69) is 5.32 Å². The SMILES string of the molecule is CC(C)=Cc1nc2c(nc1NC(=O)Cc1ccc(Cl)cc1)CCc1cc(O)ccc1-2. The first-order valence-electron chi connectivity index (χ1n) is 9.81. The fourth-order valence-corrected chi connectivity index (χ4v) is 3.70. The van der Waals surface area contributed by atoms with Crippen LogP contribution in [-0.2, 0) is 24.1 Å². The van der Waals surface area contributed by atoms with Gasteiger partial charge in [0, 0.05) is 10.6 Å². The molecule has 1 aromatic heterocycles. The number of carbonyl (C=O) groups is 1. The molecule has 3 aromatic rings. The lowest BCUT2D eigenvalue weighted by Gasteiger charge is -2.20. The summed E-state index contributed by atoms with van der Waals surface area (Å²) < 4.78 is 0. The van der Waals surface area contributed by atoms with Crippen LogP contribution in [0.2, 0.25) is 5.02 Å². The molecule has 0 atom stereocenters. The Bertz CT molecular complexity index is 1150. The molecule has 0 saturated heterocycles. The van der Waals surface area contributed by atoms with Gasteiger partial charge in [-0.3, -0.25) is 4.79 Å². The van der Waals surface area contributed by atoms with Gasteiger partial charge in [0.1, 0.15) is 11.4 Å². The van der Waals surface area contributed by atoms with E-state index in [1.807, 2.05) is 38.1 Å². The summed E-state index contributed by atoms with van der Waals surface area (Å²) in [6.07, 6.45) is 3.62. The van der Waals surface area contributed by atoms with E-state index >= 15 is 0 Å². The number of nitrogens with zero attached hydrogens (tertiary/aromatic N) is 2. The van der Waals surface area contributed by atoms with Crippen LogP contribution in [0.3, 0.4) is 0 Å². The number of hydrogen-bond donors (Lipinski definition) is 2. The number of amides is 1. The molecule has 1 heterocycles. The minimum atomic E-state index is -0.156. The predicted octanol–water partition coefficient (Wildman–Crippen LogP) is 5.21. The second-order valence-corrected chi connectivity index (χ2v) is 8.10. The maximum absolute atomic E-state index is 12.6. The van der Waals surface area contributed by atoms with Crippen molar-refractivity contribution in [2.45, 2.75) is 33.1 Å². The van der Waals surface area contributed by atoms with Crippen LogP contribution in [0, 0.1) is 0 Å². The standard InChI is InChI=1S/C24H22ClN3O2/c1-14(2)11-21-24(28-22(30)12-15-3-6-17(25)7-4-15)27-20-10-5-16-13-18(29)8-9-19(16)23(20)26-21/h3-4,6-9,11,13,29H,5,10,12H2,1-2H3,(H,27,28,30). The number of aryl methyl sites for hydroxylation is 2. The predicted molar refractivity (Wildman–Crippen MR) is 120 cm³/mol.